The van der Waals surface area contributed by atoms with Crippen LogP contribution in [0.2, 0.25) is 0 Å². The van der Waals surface area contributed by atoms with Crippen LogP contribution in [0, 0.1) is 6.92 Å². The van der Waals surface area contributed by atoms with E-state index in [9.17, 15) is 5.11 Å². The monoisotopic (exact) mass is 269 g/mol. The van der Waals surface area contributed by atoms with Gasteiger partial charge < -0.3 is 19.9 Å². The molecule has 0 aromatic carbocycles. The lowest BCUT2D eigenvalue weighted by Crippen LogP contribution is -2.35. The summed E-state index contributed by atoms with van der Waals surface area (Å²) in [5.74, 6) is 0.996. The quantitative estimate of drug-likeness (QED) is 0.742. The molecule has 0 aliphatic carbocycles. The van der Waals surface area contributed by atoms with Gasteiger partial charge in [0, 0.05) is 38.4 Å². The van der Waals surface area contributed by atoms with Crippen molar-refractivity contribution in [3.05, 3.63) is 11.8 Å². The Morgan fingerprint density at radius 3 is 2.79 bits per heavy atom. The highest BCUT2D eigenvalue weighted by Crippen LogP contribution is 2.14. The van der Waals surface area contributed by atoms with E-state index in [1.165, 1.54) is 0 Å². The number of nitrogens with zero attached hydrogens (tertiary/aromatic N) is 2. The standard InChI is InChI=1S/C13H23N3O3/c1-5-19-11-8-10(2)15-12(16-11)14-9-13(3,17)6-7-18-4/h8,17H,5-7,9H2,1-4H3,(H,14,15,16). The summed E-state index contributed by atoms with van der Waals surface area (Å²) in [6.45, 7) is 6.94. The van der Waals surface area contributed by atoms with E-state index >= 15 is 0 Å². The molecule has 0 amide bonds. The van der Waals surface area contributed by atoms with Crippen molar-refractivity contribution in [3.8, 4) is 5.88 Å². The molecule has 1 aromatic rings. The lowest BCUT2D eigenvalue weighted by Gasteiger charge is -2.23. The summed E-state index contributed by atoms with van der Waals surface area (Å²) in [6.07, 6.45) is 0.542. The first-order chi connectivity index (χ1) is 8.96. The second-order valence-corrected chi connectivity index (χ2v) is 4.70. The lowest BCUT2D eigenvalue weighted by atomic mass is 10.0. The molecule has 1 unspecified atom stereocenters. The Labute approximate surface area is 114 Å². The largest absolute Gasteiger partial charge is 0.478 e. The maximum Gasteiger partial charge on any atom is 0.226 e. The van der Waals surface area contributed by atoms with Crippen molar-refractivity contribution in [2.24, 2.45) is 0 Å². The molecule has 0 spiro atoms. The Morgan fingerprint density at radius 1 is 1.42 bits per heavy atom. The Kier molecular flexibility index (Phi) is 5.98. The van der Waals surface area contributed by atoms with Crippen LogP contribution >= 0.6 is 0 Å². The Hall–Kier alpha value is -1.40. The number of aryl methyl sites for hydroxylation is 1. The third-order valence-corrected chi connectivity index (χ3v) is 2.60. The number of ether oxygens (including phenoxy) is 2. The molecule has 1 aromatic heterocycles. The highest BCUT2D eigenvalue weighted by atomic mass is 16.5. The molecule has 1 rings (SSSR count). The molecule has 0 radical (unpaired) electrons. The summed E-state index contributed by atoms with van der Waals surface area (Å²) in [5, 5.41) is 13.1. The van der Waals surface area contributed by atoms with E-state index < -0.39 is 5.60 Å². The minimum atomic E-state index is -0.866. The smallest absolute Gasteiger partial charge is 0.226 e. The average molecular weight is 269 g/mol. The SMILES string of the molecule is CCOc1cc(C)nc(NCC(C)(O)CCOC)n1. The number of aromatic nitrogens is 2. The molecule has 108 valence electrons. The predicted octanol–water partition coefficient (Wildman–Crippen LogP) is 1.38. The first-order valence-corrected chi connectivity index (χ1v) is 6.40. The van der Waals surface area contributed by atoms with Gasteiger partial charge >= 0.3 is 0 Å². The van der Waals surface area contributed by atoms with Crippen molar-refractivity contribution in [1.29, 1.82) is 0 Å². The molecular formula is C13H23N3O3. The molecular weight excluding hydrogens is 246 g/mol. The van der Waals surface area contributed by atoms with Crippen LogP contribution in [0.25, 0.3) is 0 Å². The first-order valence-electron chi connectivity index (χ1n) is 6.40. The Morgan fingerprint density at radius 2 is 2.16 bits per heavy atom. The normalized spacial score (nSPS) is 13.9. The summed E-state index contributed by atoms with van der Waals surface area (Å²) in [4.78, 5) is 8.47. The number of aliphatic hydroxyl groups is 1. The van der Waals surface area contributed by atoms with Crippen LogP contribution in [0.5, 0.6) is 5.88 Å². The van der Waals surface area contributed by atoms with Gasteiger partial charge in [-0.3, -0.25) is 0 Å². The van der Waals surface area contributed by atoms with Gasteiger partial charge in [-0.05, 0) is 20.8 Å². The van der Waals surface area contributed by atoms with E-state index in [1.807, 2.05) is 13.8 Å². The summed E-state index contributed by atoms with van der Waals surface area (Å²) >= 11 is 0. The summed E-state index contributed by atoms with van der Waals surface area (Å²) in [7, 11) is 1.61. The van der Waals surface area contributed by atoms with Crippen LogP contribution in [-0.2, 0) is 4.74 Å². The molecule has 0 aliphatic heterocycles. The van der Waals surface area contributed by atoms with Crippen molar-refractivity contribution < 1.29 is 14.6 Å². The van der Waals surface area contributed by atoms with Crippen LogP contribution in [0.3, 0.4) is 0 Å². The maximum atomic E-state index is 10.1. The zero-order valence-electron chi connectivity index (χ0n) is 12.1. The van der Waals surface area contributed by atoms with Crippen molar-refractivity contribution >= 4 is 5.95 Å². The topological polar surface area (TPSA) is 76.5 Å². The van der Waals surface area contributed by atoms with Crippen LogP contribution in [0.1, 0.15) is 26.0 Å². The van der Waals surface area contributed by atoms with E-state index in [2.05, 4.69) is 15.3 Å². The molecule has 6 nitrogen and oxygen atoms in total. The molecule has 1 heterocycles. The highest BCUT2D eigenvalue weighted by Gasteiger charge is 2.20. The van der Waals surface area contributed by atoms with Crippen molar-refractivity contribution in [2.45, 2.75) is 32.8 Å². The fraction of sp³-hybridized carbons (Fsp3) is 0.692. The zero-order valence-corrected chi connectivity index (χ0v) is 12.1. The minimum Gasteiger partial charge on any atom is -0.478 e. The van der Waals surface area contributed by atoms with Crippen molar-refractivity contribution in [2.75, 3.05) is 32.2 Å². The fourth-order valence-electron chi connectivity index (χ4n) is 1.52. The number of hydrogen-bond donors (Lipinski definition) is 2. The summed E-state index contributed by atoms with van der Waals surface area (Å²) in [5.41, 5.74) is -0.0491. The van der Waals surface area contributed by atoms with Gasteiger partial charge in [-0.15, -0.1) is 0 Å². The second kappa shape index (κ2) is 7.25. The molecule has 0 fully saturated rings. The van der Waals surface area contributed by atoms with Gasteiger partial charge in [0.25, 0.3) is 0 Å². The maximum absolute atomic E-state index is 10.1. The second-order valence-electron chi connectivity index (χ2n) is 4.70. The minimum absolute atomic E-state index is 0.353. The number of hydrogen-bond acceptors (Lipinski definition) is 6. The third kappa shape index (κ3) is 5.85. The van der Waals surface area contributed by atoms with Gasteiger partial charge in [-0.1, -0.05) is 0 Å². The van der Waals surface area contributed by atoms with Crippen LogP contribution in [0.15, 0.2) is 6.07 Å². The molecule has 6 heteroatoms. The van der Waals surface area contributed by atoms with Gasteiger partial charge in [0.2, 0.25) is 11.8 Å². The number of methoxy groups -OCH3 is 1. The van der Waals surface area contributed by atoms with Crippen molar-refractivity contribution in [1.82, 2.24) is 9.97 Å². The van der Waals surface area contributed by atoms with Gasteiger partial charge in [0.05, 0.1) is 12.2 Å². The molecule has 0 bridgehead atoms. The number of rotatable bonds is 8. The van der Waals surface area contributed by atoms with E-state index in [0.717, 1.165) is 5.69 Å². The molecule has 0 aliphatic rings. The third-order valence-electron chi connectivity index (χ3n) is 2.60. The predicted molar refractivity (Wildman–Crippen MR) is 73.5 cm³/mol. The molecule has 0 saturated heterocycles. The summed E-state index contributed by atoms with van der Waals surface area (Å²) < 4.78 is 10.3. The molecule has 0 saturated carbocycles. The molecule has 2 N–H and O–H groups in total. The van der Waals surface area contributed by atoms with E-state index in [-0.39, 0.29) is 0 Å². The van der Waals surface area contributed by atoms with Crippen LogP contribution in [0.4, 0.5) is 5.95 Å². The van der Waals surface area contributed by atoms with Crippen LogP contribution in [-0.4, -0.2) is 47.5 Å². The van der Waals surface area contributed by atoms with E-state index in [4.69, 9.17) is 9.47 Å². The Bertz CT molecular complexity index is 397. The summed E-state index contributed by atoms with van der Waals surface area (Å²) in [6, 6.07) is 1.78. The highest BCUT2D eigenvalue weighted by molar-refractivity contribution is 5.31. The number of nitrogens with one attached hydrogen (secondary N) is 1. The van der Waals surface area contributed by atoms with E-state index in [1.54, 1.807) is 20.1 Å². The van der Waals surface area contributed by atoms with Gasteiger partial charge in [0.1, 0.15) is 0 Å². The molecule has 1 atom stereocenters. The fourth-order valence-corrected chi connectivity index (χ4v) is 1.52. The average Bonchev–Trinajstić information content (AvgIpc) is 2.34. The van der Waals surface area contributed by atoms with Gasteiger partial charge in [0.15, 0.2) is 0 Å². The molecule has 19 heavy (non-hydrogen) atoms. The van der Waals surface area contributed by atoms with Gasteiger partial charge in [-0.2, -0.15) is 4.98 Å². The van der Waals surface area contributed by atoms with Crippen LogP contribution < -0.4 is 10.1 Å². The zero-order chi connectivity index (χ0) is 14.3. The van der Waals surface area contributed by atoms with E-state index in [0.29, 0.717) is 38.0 Å². The Balaban J connectivity index is 2.61. The lowest BCUT2D eigenvalue weighted by molar-refractivity contribution is 0.0356. The van der Waals surface area contributed by atoms with Gasteiger partial charge in [-0.25, -0.2) is 4.98 Å². The number of anilines is 1. The van der Waals surface area contributed by atoms with Crippen molar-refractivity contribution in [3.63, 3.8) is 0 Å². The first kappa shape index (κ1) is 15.7.